The molecular weight excluding hydrogens is 278 g/mol. The number of aliphatic carboxylic acids is 3. The van der Waals surface area contributed by atoms with Crippen LogP contribution >= 0.6 is 0 Å². The van der Waals surface area contributed by atoms with Crippen molar-refractivity contribution in [2.45, 2.75) is 25.4 Å². The third kappa shape index (κ3) is 15.8. The molecule has 0 atom stereocenters. The highest BCUT2D eigenvalue weighted by atomic mass is 16.4. The Morgan fingerprint density at radius 2 is 1.35 bits per heavy atom. The molecule has 10 nitrogen and oxygen atoms in total. The fraction of sp³-hybridized carbons (Fsp3) is 0.600. The second-order valence-corrected chi connectivity index (χ2v) is 3.29. The predicted molar refractivity (Wildman–Crippen MR) is 65.4 cm³/mol. The van der Waals surface area contributed by atoms with Crippen molar-refractivity contribution in [3.63, 3.8) is 0 Å². The first-order chi connectivity index (χ1) is 9.10. The topological polar surface area (TPSA) is 181 Å². The van der Waals surface area contributed by atoms with Crippen LogP contribution in [0, 0.1) is 0 Å². The van der Waals surface area contributed by atoms with Crippen LogP contribution in [0.1, 0.15) is 19.8 Å². The molecule has 0 aliphatic rings. The van der Waals surface area contributed by atoms with Crippen molar-refractivity contribution in [3.8, 4) is 0 Å². The molecule has 10 heteroatoms. The second-order valence-electron chi connectivity index (χ2n) is 3.29. The molecule has 0 rings (SSSR count). The van der Waals surface area contributed by atoms with Crippen molar-refractivity contribution in [2.75, 3.05) is 13.6 Å². The molecule has 0 spiro atoms. The number of carbonyl (C=O) groups is 4. The van der Waals surface area contributed by atoms with Crippen LogP contribution in [0.5, 0.6) is 0 Å². The Kier molecular flexibility index (Phi) is 15.2. The summed E-state index contributed by atoms with van der Waals surface area (Å²) in [4.78, 5) is 38.8. The SMILES string of the molecule is CCNC.O=C(O)CC(O)(CC(=O)O)C(=O)O.O=CO. The normalized spacial score (nSPS) is 9.15. The molecule has 0 aromatic heterocycles. The molecule has 118 valence electrons. The van der Waals surface area contributed by atoms with Gasteiger partial charge >= 0.3 is 17.9 Å². The maximum Gasteiger partial charge on any atom is 0.336 e. The minimum Gasteiger partial charge on any atom is -0.483 e. The van der Waals surface area contributed by atoms with E-state index in [4.69, 9.17) is 30.3 Å². The smallest absolute Gasteiger partial charge is 0.336 e. The second kappa shape index (κ2) is 13.2. The number of carboxylic acid groups (broad SMARTS) is 4. The summed E-state index contributed by atoms with van der Waals surface area (Å²) in [5.41, 5.74) is -2.74. The van der Waals surface area contributed by atoms with Gasteiger partial charge in [0.1, 0.15) is 0 Å². The average Bonchev–Trinajstić information content (AvgIpc) is 2.28. The van der Waals surface area contributed by atoms with Crippen LogP contribution in [-0.4, -0.2) is 69.1 Å². The maximum atomic E-state index is 10.3. The monoisotopic (exact) mass is 297 g/mol. The maximum absolute atomic E-state index is 10.3. The largest absolute Gasteiger partial charge is 0.483 e. The van der Waals surface area contributed by atoms with Gasteiger partial charge in [0.05, 0.1) is 12.8 Å². The summed E-state index contributed by atoms with van der Waals surface area (Å²) >= 11 is 0. The fourth-order valence-electron chi connectivity index (χ4n) is 0.714. The Morgan fingerprint density at radius 3 is 1.45 bits per heavy atom. The average molecular weight is 297 g/mol. The van der Waals surface area contributed by atoms with Gasteiger partial charge in [0.25, 0.3) is 6.47 Å². The van der Waals surface area contributed by atoms with E-state index in [2.05, 4.69) is 12.2 Å². The van der Waals surface area contributed by atoms with E-state index < -0.39 is 36.4 Å². The van der Waals surface area contributed by atoms with Gasteiger partial charge in [0.2, 0.25) is 0 Å². The first kappa shape index (κ1) is 22.9. The van der Waals surface area contributed by atoms with Crippen LogP contribution < -0.4 is 5.32 Å². The van der Waals surface area contributed by atoms with Gasteiger partial charge in [-0.15, -0.1) is 0 Å². The van der Waals surface area contributed by atoms with E-state index in [1.54, 1.807) is 0 Å². The highest BCUT2D eigenvalue weighted by Crippen LogP contribution is 2.15. The minimum atomic E-state index is -2.74. The van der Waals surface area contributed by atoms with Crippen LogP contribution in [0.2, 0.25) is 0 Å². The first-order valence-corrected chi connectivity index (χ1v) is 5.23. The number of nitrogens with one attached hydrogen (secondary N) is 1. The van der Waals surface area contributed by atoms with Gasteiger partial charge in [0.15, 0.2) is 5.60 Å². The lowest BCUT2D eigenvalue weighted by atomic mass is 9.96. The zero-order chi connectivity index (χ0) is 16.8. The molecule has 0 unspecified atom stereocenters. The zero-order valence-corrected chi connectivity index (χ0v) is 11.1. The molecule has 0 aliphatic carbocycles. The van der Waals surface area contributed by atoms with Crippen molar-refractivity contribution in [1.82, 2.24) is 5.32 Å². The van der Waals surface area contributed by atoms with Gasteiger partial charge in [-0.25, -0.2) is 4.79 Å². The van der Waals surface area contributed by atoms with Crippen molar-refractivity contribution < 1.29 is 44.7 Å². The molecule has 20 heavy (non-hydrogen) atoms. The third-order valence-electron chi connectivity index (χ3n) is 1.64. The molecule has 0 aromatic carbocycles. The standard InChI is InChI=1S/C6H8O7.C3H9N.CH2O2/c7-3(8)1-6(13,5(11)12)2-4(9)10;1-3-4-2;2-1-3/h13H,1-2H2,(H,7,8)(H,9,10)(H,11,12);4H,3H2,1-2H3;1H,(H,2,3). The highest BCUT2D eigenvalue weighted by Gasteiger charge is 2.40. The van der Waals surface area contributed by atoms with Crippen LogP contribution in [0.3, 0.4) is 0 Å². The lowest BCUT2D eigenvalue weighted by molar-refractivity contribution is -0.170. The van der Waals surface area contributed by atoms with Crippen molar-refractivity contribution in [3.05, 3.63) is 0 Å². The molecule has 0 heterocycles. The van der Waals surface area contributed by atoms with Crippen LogP contribution in [0.4, 0.5) is 0 Å². The molecule has 0 aromatic rings. The summed E-state index contributed by atoms with van der Waals surface area (Å²) in [6.07, 6.45) is -2.29. The number of rotatable bonds is 6. The zero-order valence-electron chi connectivity index (χ0n) is 11.1. The van der Waals surface area contributed by atoms with Crippen molar-refractivity contribution >= 4 is 24.4 Å². The van der Waals surface area contributed by atoms with Gasteiger partial charge in [0, 0.05) is 0 Å². The number of carboxylic acids is 3. The van der Waals surface area contributed by atoms with Crippen molar-refractivity contribution in [2.24, 2.45) is 0 Å². The Bertz CT molecular complexity index is 298. The van der Waals surface area contributed by atoms with E-state index in [-0.39, 0.29) is 6.47 Å². The van der Waals surface area contributed by atoms with E-state index in [1.807, 2.05) is 7.05 Å². The lowest BCUT2D eigenvalue weighted by Crippen LogP contribution is -2.42. The molecular formula is C10H19NO9. The predicted octanol–water partition coefficient (Wildman–Crippen LogP) is -1.32. The molecule has 0 amide bonds. The Balaban J connectivity index is -0.000000343. The molecule has 6 N–H and O–H groups in total. The van der Waals surface area contributed by atoms with E-state index in [9.17, 15) is 14.4 Å². The summed E-state index contributed by atoms with van der Waals surface area (Å²) < 4.78 is 0. The Labute approximate surface area is 114 Å². The van der Waals surface area contributed by atoms with E-state index in [0.717, 1.165) is 6.54 Å². The first-order valence-electron chi connectivity index (χ1n) is 5.23. The molecule has 0 radical (unpaired) electrons. The Hall–Kier alpha value is -2.20. The van der Waals surface area contributed by atoms with E-state index in [0.29, 0.717) is 0 Å². The van der Waals surface area contributed by atoms with Crippen LogP contribution in [0.15, 0.2) is 0 Å². The Morgan fingerprint density at radius 1 is 1.10 bits per heavy atom. The van der Waals surface area contributed by atoms with E-state index >= 15 is 0 Å². The van der Waals surface area contributed by atoms with Crippen LogP contribution in [0.25, 0.3) is 0 Å². The van der Waals surface area contributed by atoms with E-state index in [1.165, 1.54) is 0 Å². The number of hydrogen-bond donors (Lipinski definition) is 6. The van der Waals surface area contributed by atoms with Gasteiger partial charge in [-0.3, -0.25) is 14.4 Å². The summed E-state index contributed by atoms with van der Waals surface area (Å²) in [5.74, 6) is -5.02. The van der Waals surface area contributed by atoms with Gasteiger partial charge < -0.3 is 30.8 Å². The molecule has 0 saturated heterocycles. The molecule has 0 aliphatic heterocycles. The number of hydrogen-bond acceptors (Lipinski definition) is 6. The van der Waals surface area contributed by atoms with Crippen LogP contribution in [-0.2, 0) is 19.2 Å². The summed E-state index contributed by atoms with van der Waals surface area (Å²) in [5, 5.41) is 43.6. The van der Waals surface area contributed by atoms with Gasteiger partial charge in [-0.2, -0.15) is 0 Å². The molecule has 0 bridgehead atoms. The quantitative estimate of drug-likeness (QED) is 0.321. The van der Waals surface area contributed by atoms with Crippen molar-refractivity contribution in [1.29, 1.82) is 0 Å². The summed E-state index contributed by atoms with van der Waals surface area (Å²) in [7, 11) is 1.93. The summed E-state index contributed by atoms with van der Waals surface area (Å²) in [6, 6.07) is 0. The fourth-order valence-corrected chi connectivity index (χ4v) is 0.714. The number of aliphatic hydroxyl groups is 1. The lowest BCUT2D eigenvalue weighted by Gasteiger charge is -2.18. The molecule has 0 fully saturated rings. The minimum absolute atomic E-state index is 0.250. The molecule has 0 saturated carbocycles. The highest BCUT2D eigenvalue weighted by molar-refractivity contribution is 5.88. The van der Waals surface area contributed by atoms with Gasteiger partial charge in [-0.05, 0) is 13.6 Å². The summed E-state index contributed by atoms with van der Waals surface area (Å²) in [6.45, 7) is 2.89. The van der Waals surface area contributed by atoms with Gasteiger partial charge in [-0.1, -0.05) is 6.92 Å². The third-order valence-corrected chi connectivity index (χ3v) is 1.64.